The largest absolute Gasteiger partial charge is 0.497 e. The molecule has 0 spiro atoms. The summed E-state index contributed by atoms with van der Waals surface area (Å²) < 4.78 is 5.05. The molecule has 0 amide bonds. The van der Waals surface area contributed by atoms with Crippen LogP contribution in [-0.4, -0.2) is 12.6 Å². The number of carbonyl (C=O) groups is 1. The van der Waals surface area contributed by atoms with Gasteiger partial charge < -0.3 is 10.8 Å². The van der Waals surface area contributed by atoms with Gasteiger partial charge in [0.2, 0.25) is 0 Å². The Bertz CT molecular complexity index is 237. The molecular weight excluding hydrogens is 253 g/mol. The zero-order valence-electron chi connectivity index (χ0n) is 8.53. The first kappa shape index (κ1) is 12.4. The molecule has 1 saturated carbocycles. The van der Waals surface area contributed by atoms with Crippen LogP contribution in [0.5, 0.6) is 0 Å². The molecule has 3 aliphatic rings. The van der Waals surface area contributed by atoms with E-state index in [1.807, 2.05) is 6.92 Å². The molecule has 0 aromatic rings. The summed E-state index contributed by atoms with van der Waals surface area (Å²) >= 11 is 0. The van der Waals surface area contributed by atoms with Gasteiger partial charge in [0.25, 0.3) is 0 Å². The summed E-state index contributed by atoms with van der Waals surface area (Å²) in [7, 11) is 0. The van der Waals surface area contributed by atoms with Gasteiger partial charge in [0.05, 0.1) is 12.5 Å². The van der Waals surface area contributed by atoms with Gasteiger partial charge in [-0.2, -0.15) is 5.92 Å². The van der Waals surface area contributed by atoms with Crippen molar-refractivity contribution in [1.82, 2.24) is 0 Å². The van der Waals surface area contributed by atoms with Crippen molar-refractivity contribution in [2.75, 3.05) is 6.61 Å². The average molecular weight is 268 g/mol. The second kappa shape index (κ2) is 5.41. The maximum absolute atomic E-state index is 11.5. The predicted molar refractivity (Wildman–Crippen MR) is 48.8 cm³/mol. The number of ether oxygens (including phenoxy) is 1. The standard InChI is InChI=1S/C11H15O2.Y/c1-2-13-11(12)10-7-8-3-5-9(10)6-4-8;/h6,8-10H,2-3,5,7H2,1H3;/q-1;. The zero-order chi connectivity index (χ0) is 9.26. The van der Waals surface area contributed by atoms with Crippen molar-refractivity contribution in [3.05, 3.63) is 12.2 Å². The summed E-state index contributed by atoms with van der Waals surface area (Å²) in [6.07, 6.45) is 8.70. The SMILES string of the molecule is CCOC(=O)C1CC2[C-]=CC1CC2.[Y]. The summed E-state index contributed by atoms with van der Waals surface area (Å²) in [5.74, 6) is 1.04. The summed E-state index contributed by atoms with van der Waals surface area (Å²) in [5.41, 5.74) is 0. The minimum atomic E-state index is -0.00468. The molecule has 0 N–H and O–H groups in total. The Balaban J connectivity index is 0.000000980. The molecule has 2 nitrogen and oxygen atoms in total. The van der Waals surface area contributed by atoms with Crippen molar-refractivity contribution in [2.24, 2.45) is 17.8 Å². The van der Waals surface area contributed by atoms with Gasteiger partial charge in [0.15, 0.2) is 0 Å². The second-order valence-electron chi connectivity index (χ2n) is 3.87. The van der Waals surface area contributed by atoms with Crippen LogP contribution in [0.4, 0.5) is 0 Å². The monoisotopic (exact) mass is 268 g/mol. The maximum atomic E-state index is 11.5. The number of rotatable bonds is 2. The normalized spacial score (nSPS) is 33.6. The third-order valence-corrected chi connectivity index (χ3v) is 3.04. The van der Waals surface area contributed by atoms with Gasteiger partial charge in [-0.05, 0) is 12.8 Å². The molecule has 2 bridgehead atoms. The van der Waals surface area contributed by atoms with Crippen LogP contribution in [0.3, 0.4) is 0 Å². The molecule has 0 aromatic carbocycles. The fourth-order valence-corrected chi connectivity index (χ4v) is 2.32. The van der Waals surface area contributed by atoms with E-state index in [0.29, 0.717) is 18.4 Å². The maximum Gasteiger partial charge on any atom is 0.309 e. The van der Waals surface area contributed by atoms with E-state index < -0.39 is 0 Å². The molecule has 14 heavy (non-hydrogen) atoms. The molecule has 75 valence electrons. The van der Waals surface area contributed by atoms with Gasteiger partial charge in [0, 0.05) is 32.7 Å². The zero-order valence-corrected chi connectivity index (χ0v) is 11.4. The summed E-state index contributed by atoms with van der Waals surface area (Å²) in [6, 6.07) is 0. The van der Waals surface area contributed by atoms with E-state index in [0.717, 1.165) is 12.8 Å². The molecule has 3 unspecified atom stereocenters. The molecule has 0 heterocycles. The van der Waals surface area contributed by atoms with Crippen LogP contribution in [0, 0.1) is 23.8 Å². The number of carbonyl (C=O) groups excluding carboxylic acids is 1. The van der Waals surface area contributed by atoms with E-state index in [1.165, 1.54) is 6.42 Å². The molecule has 3 aliphatic carbocycles. The molecule has 0 aromatic heterocycles. The van der Waals surface area contributed by atoms with Crippen molar-refractivity contribution in [3.63, 3.8) is 0 Å². The topological polar surface area (TPSA) is 26.3 Å². The Labute approximate surface area is 110 Å². The Hall–Kier alpha value is 0.314. The third-order valence-electron chi connectivity index (χ3n) is 3.04. The smallest absolute Gasteiger partial charge is 0.309 e. The first-order chi connectivity index (χ1) is 6.31. The van der Waals surface area contributed by atoms with Crippen LogP contribution in [0.25, 0.3) is 0 Å². The van der Waals surface area contributed by atoms with Gasteiger partial charge in [0.1, 0.15) is 0 Å². The first-order valence-electron chi connectivity index (χ1n) is 5.07. The number of hydrogen-bond acceptors (Lipinski definition) is 2. The van der Waals surface area contributed by atoms with Crippen LogP contribution in [0.15, 0.2) is 6.08 Å². The van der Waals surface area contributed by atoms with Crippen LogP contribution < -0.4 is 0 Å². The van der Waals surface area contributed by atoms with Gasteiger partial charge >= 0.3 is 5.97 Å². The molecular formula is C11H15O2Y-. The molecule has 3 rings (SSSR count). The van der Waals surface area contributed by atoms with Gasteiger partial charge in [-0.1, -0.05) is 19.3 Å². The molecule has 0 saturated heterocycles. The molecule has 3 atom stereocenters. The van der Waals surface area contributed by atoms with E-state index in [9.17, 15) is 4.79 Å². The average Bonchev–Trinajstić information content (AvgIpc) is 2.20. The molecule has 1 radical (unpaired) electrons. The van der Waals surface area contributed by atoms with E-state index in [1.54, 1.807) is 0 Å². The number of allylic oxidation sites excluding steroid dienone is 2. The minimum absolute atomic E-state index is 0. The summed E-state index contributed by atoms with van der Waals surface area (Å²) in [4.78, 5) is 11.5. The second-order valence-corrected chi connectivity index (χ2v) is 3.87. The fraction of sp³-hybridized carbons (Fsp3) is 0.727. The van der Waals surface area contributed by atoms with Gasteiger partial charge in [-0.25, -0.2) is 0 Å². The van der Waals surface area contributed by atoms with Crippen molar-refractivity contribution in [1.29, 1.82) is 0 Å². The van der Waals surface area contributed by atoms with Crippen molar-refractivity contribution < 1.29 is 42.2 Å². The van der Waals surface area contributed by atoms with Gasteiger partial charge in [-0.15, -0.1) is 0 Å². The Morgan fingerprint density at radius 3 is 2.79 bits per heavy atom. The van der Waals surface area contributed by atoms with Crippen LogP contribution in [0.2, 0.25) is 0 Å². The Morgan fingerprint density at radius 1 is 1.57 bits per heavy atom. The van der Waals surface area contributed by atoms with E-state index >= 15 is 0 Å². The Morgan fingerprint density at radius 2 is 2.36 bits per heavy atom. The van der Waals surface area contributed by atoms with Crippen LogP contribution in [0.1, 0.15) is 26.2 Å². The molecule has 0 aliphatic heterocycles. The van der Waals surface area contributed by atoms with E-state index in [2.05, 4.69) is 12.2 Å². The first-order valence-corrected chi connectivity index (χ1v) is 5.07. The summed E-state index contributed by atoms with van der Waals surface area (Å²) in [6.45, 7) is 2.36. The summed E-state index contributed by atoms with van der Waals surface area (Å²) in [5, 5.41) is 0. The van der Waals surface area contributed by atoms with Crippen molar-refractivity contribution in [3.8, 4) is 0 Å². The predicted octanol–water partition coefficient (Wildman–Crippen LogP) is 1.95. The van der Waals surface area contributed by atoms with Crippen molar-refractivity contribution >= 4 is 5.97 Å². The van der Waals surface area contributed by atoms with Crippen LogP contribution in [-0.2, 0) is 42.2 Å². The third kappa shape index (κ3) is 2.46. The van der Waals surface area contributed by atoms with E-state index in [4.69, 9.17) is 4.74 Å². The minimum Gasteiger partial charge on any atom is -0.497 e. The Kier molecular flexibility index (Phi) is 4.79. The quantitative estimate of drug-likeness (QED) is 0.565. The van der Waals surface area contributed by atoms with Crippen molar-refractivity contribution in [2.45, 2.75) is 26.2 Å². The molecule has 1 fully saturated rings. The van der Waals surface area contributed by atoms with E-state index in [-0.39, 0.29) is 44.6 Å². The number of fused-ring (bicyclic) bond motifs is 2. The number of hydrogen-bond donors (Lipinski definition) is 0. The van der Waals surface area contributed by atoms with Crippen LogP contribution >= 0.6 is 0 Å². The van der Waals surface area contributed by atoms with Gasteiger partial charge in [-0.3, -0.25) is 10.9 Å². The fourth-order valence-electron chi connectivity index (χ4n) is 2.32. The molecule has 3 heteroatoms. The number of esters is 1.